The summed E-state index contributed by atoms with van der Waals surface area (Å²) in [6.45, 7) is 4.15. The maximum Gasteiger partial charge on any atom is 0.223 e. The van der Waals surface area contributed by atoms with E-state index < -0.39 is 6.10 Å². The second-order valence-electron chi connectivity index (χ2n) is 4.96. The van der Waals surface area contributed by atoms with Gasteiger partial charge in [-0.15, -0.1) is 0 Å². The number of amides is 1. The van der Waals surface area contributed by atoms with Gasteiger partial charge < -0.3 is 15.7 Å². The van der Waals surface area contributed by atoms with Crippen molar-refractivity contribution in [2.45, 2.75) is 32.3 Å². The van der Waals surface area contributed by atoms with Gasteiger partial charge in [0.1, 0.15) is 0 Å². The van der Waals surface area contributed by atoms with Crippen LogP contribution >= 0.6 is 0 Å². The van der Waals surface area contributed by atoms with Crippen LogP contribution in [0.4, 0.5) is 0 Å². The van der Waals surface area contributed by atoms with Crippen LogP contribution in [0.5, 0.6) is 0 Å². The van der Waals surface area contributed by atoms with E-state index in [-0.39, 0.29) is 11.8 Å². The lowest BCUT2D eigenvalue weighted by atomic mass is 9.92. The summed E-state index contributed by atoms with van der Waals surface area (Å²) >= 11 is 0. The number of hydrogen-bond donors (Lipinski definition) is 3. The number of hydrogen-bond acceptors (Lipinski definition) is 3. The van der Waals surface area contributed by atoms with E-state index in [0.29, 0.717) is 12.0 Å². The fourth-order valence-electron chi connectivity index (χ4n) is 2.57. The van der Waals surface area contributed by atoms with Gasteiger partial charge in [-0.1, -0.05) is 0 Å². The zero-order valence-electron chi connectivity index (χ0n) is 9.25. The Morgan fingerprint density at radius 2 is 2.27 bits per heavy atom. The highest BCUT2D eigenvalue weighted by atomic mass is 16.3. The van der Waals surface area contributed by atoms with Crippen LogP contribution in [-0.2, 0) is 4.79 Å². The molecule has 2 rings (SSSR count). The van der Waals surface area contributed by atoms with Gasteiger partial charge in [0.2, 0.25) is 5.91 Å². The summed E-state index contributed by atoms with van der Waals surface area (Å²) < 4.78 is 0. The number of rotatable bonds is 3. The Hall–Kier alpha value is -0.610. The minimum atomic E-state index is -0.448. The minimum absolute atomic E-state index is 0.137. The van der Waals surface area contributed by atoms with E-state index in [1.54, 1.807) is 6.92 Å². The predicted octanol–water partition coefficient (Wildman–Crippen LogP) is -0.127. The molecule has 86 valence electrons. The Morgan fingerprint density at radius 3 is 2.87 bits per heavy atom. The molecule has 2 fully saturated rings. The largest absolute Gasteiger partial charge is 0.392 e. The predicted molar refractivity (Wildman–Crippen MR) is 57.3 cm³/mol. The van der Waals surface area contributed by atoms with Crippen LogP contribution < -0.4 is 10.6 Å². The molecule has 2 aliphatic rings. The first-order chi connectivity index (χ1) is 7.14. The van der Waals surface area contributed by atoms with Gasteiger partial charge in [0.05, 0.1) is 6.10 Å². The van der Waals surface area contributed by atoms with Crippen LogP contribution in [0.3, 0.4) is 0 Å². The average Bonchev–Trinajstić information content (AvgIpc) is 2.90. The lowest BCUT2D eigenvalue weighted by Gasteiger charge is -2.23. The van der Waals surface area contributed by atoms with Crippen molar-refractivity contribution in [3.63, 3.8) is 0 Å². The van der Waals surface area contributed by atoms with Crippen LogP contribution in [0.2, 0.25) is 0 Å². The second kappa shape index (κ2) is 4.10. The summed E-state index contributed by atoms with van der Waals surface area (Å²) in [7, 11) is 0. The monoisotopic (exact) mass is 212 g/mol. The van der Waals surface area contributed by atoms with Gasteiger partial charge in [0.25, 0.3) is 0 Å². The van der Waals surface area contributed by atoms with Crippen molar-refractivity contribution in [2.24, 2.45) is 11.3 Å². The molecule has 15 heavy (non-hydrogen) atoms. The minimum Gasteiger partial charge on any atom is -0.392 e. The molecule has 1 amide bonds. The molecular formula is C11H20N2O2. The third-order valence-electron chi connectivity index (χ3n) is 3.68. The number of aliphatic hydroxyl groups excluding tert-OH is 1. The van der Waals surface area contributed by atoms with E-state index in [4.69, 9.17) is 5.11 Å². The smallest absolute Gasteiger partial charge is 0.223 e. The van der Waals surface area contributed by atoms with Crippen molar-refractivity contribution < 1.29 is 9.90 Å². The van der Waals surface area contributed by atoms with Crippen molar-refractivity contribution >= 4 is 5.91 Å². The van der Waals surface area contributed by atoms with Gasteiger partial charge in [-0.05, 0) is 44.7 Å². The van der Waals surface area contributed by atoms with Crippen LogP contribution in [-0.4, -0.2) is 36.8 Å². The number of piperidine rings is 1. The van der Waals surface area contributed by atoms with Crippen LogP contribution in [0.25, 0.3) is 0 Å². The molecule has 0 aromatic carbocycles. The standard InChI is InChI=1S/C11H20N2O2/c1-8(14)7-13-10(15)9-6-11(9)2-4-12-5-3-11/h8-9,12,14H,2-7H2,1H3,(H,13,15)/t8-,9?/m0/s1. The molecule has 1 aliphatic heterocycles. The van der Waals surface area contributed by atoms with Gasteiger partial charge in [-0.25, -0.2) is 0 Å². The van der Waals surface area contributed by atoms with Crippen molar-refractivity contribution in [3.8, 4) is 0 Å². The first-order valence-electron chi connectivity index (χ1n) is 5.80. The Labute approximate surface area is 90.4 Å². The van der Waals surface area contributed by atoms with E-state index in [2.05, 4.69) is 10.6 Å². The van der Waals surface area contributed by atoms with Gasteiger partial charge in [-0.2, -0.15) is 0 Å². The number of aliphatic hydroxyl groups is 1. The zero-order valence-corrected chi connectivity index (χ0v) is 9.25. The van der Waals surface area contributed by atoms with E-state index in [1.165, 1.54) is 0 Å². The van der Waals surface area contributed by atoms with Crippen molar-refractivity contribution in [1.82, 2.24) is 10.6 Å². The van der Waals surface area contributed by atoms with E-state index in [1.807, 2.05) is 0 Å². The molecule has 1 saturated carbocycles. The zero-order chi connectivity index (χ0) is 10.9. The SMILES string of the molecule is C[C@H](O)CNC(=O)C1CC12CCNCC2. The summed E-state index contributed by atoms with van der Waals surface area (Å²) in [6.07, 6.45) is 2.84. The first-order valence-corrected chi connectivity index (χ1v) is 5.80. The Morgan fingerprint density at radius 1 is 1.60 bits per heavy atom. The molecule has 1 aliphatic carbocycles. The fourth-order valence-corrected chi connectivity index (χ4v) is 2.57. The molecule has 1 saturated heterocycles. The number of nitrogens with one attached hydrogen (secondary N) is 2. The molecule has 0 bridgehead atoms. The highest BCUT2D eigenvalue weighted by Gasteiger charge is 2.57. The van der Waals surface area contributed by atoms with E-state index in [9.17, 15) is 4.79 Å². The van der Waals surface area contributed by atoms with Gasteiger partial charge in [0, 0.05) is 12.5 Å². The van der Waals surface area contributed by atoms with E-state index >= 15 is 0 Å². The summed E-state index contributed by atoms with van der Waals surface area (Å²) in [5, 5.41) is 15.2. The second-order valence-corrected chi connectivity index (χ2v) is 4.96. The molecule has 0 radical (unpaired) electrons. The van der Waals surface area contributed by atoms with Crippen molar-refractivity contribution in [3.05, 3.63) is 0 Å². The first kappa shape index (κ1) is 10.9. The Balaban J connectivity index is 1.79. The van der Waals surface area contributed by atoms with Crippen molar-refractivity contribution in [1.29, 1.82) is 0 Å². The van der Waals surface area contributed by atoms with E-state index in [0.717, 1.165) is 32.4 Å². The summed E-state index contributed by atoms with van der Waals surface area (Å²) in [5.41, 5.74) is 0.300. The van der Waals surface area contributed by atoms with Gasteiger partial charge >= 0.3 is 0 Å². The summed E-state index contributed by atoms with van der Waals surface area (Å²) in [4.78, 5) is 11.7. The van der Waals surface area contributed by atoms with Gasteiger partial charge in [-0.3, -0.25) is 4.79 Å². The quantitative estimate of drug-likeness (QED) is 0.611. The van der Waals surface area contributed by atoms with Crippen LogP contribution in [0.1, 0.15) is 26.2 Å². The molecular weight excluding hydrogens is 192 g/mol. The summed E-state index contributed by atoms with van der Waals surface area (Å²) in [6, 6.07) is 0. The lowest BCUT2D eigenvalue weighted by molar-refractivity contribution is -0.123. The van der Waals surface area contributed by atoms with Crippen molar-refractivity contribution in [2.75, 3.05) is 19.6 Å². The third kappa shape index (κ3) is 2.32. The van der Waals surface area contributed by atoms with Crippen LogP contribution in [0.15, 0.2) is 0 Å². The normalized spacial score (nSPS) is 29.9. The average molecular weight is 212 g/mol. The third-order valence-corrected chi connectivity index (χ3v) is 3.68. The molecule has 3 N–H and O–H groups in total. The van der Waals surface area contributed by atoms with Gasteiger partial charge in [0.15, 0.2) is 0 Å². The van der Waals surface area contributed by atoms with Crippen LogP contribution in [0, 0.1) is 11.3 Å². The maximum absolute atomic E-state index is 11.7. The molecule has 0 aromatic heterocycles. The molecule has 0 aromatic rings. The molecule has 1 unspecified atom stereocenters. The highest BCUT2D eigenvalue weighted by molar-refractivity contribution is 5.82. The molecule has 1 heterocycles. The number of carbonyl (C=O) groups excluding carboxylic acids is 1. The number of carbonyl (C=O) groups is 1. The molecule has 2 atom stereocenters. The summed E-state index contributed by atoms with van der Waals surface area (Å²) in [5.74, 6) is 0.344. The Bertz CT molecular complexity index is 247. The molecule has 4 heteroatoms. The Kier molecular flexibility index (Phi) is 2.98. The lowest BCUT2D eigenvalue weighted by Crippen LogP contribution is -2.36. The fraction of sp³-hybridized carbons (Fsp3) is 0.909. The highest BCUT2D eigenvalue weighted by Crippen LogP contribution is 2.58. The molecule has 1 spiro atoms. The maximum atomic E-state index is 11.7. The topological polar surface area (TPSA) is 61.4 Å². The molecule has 4 nitrogen and oxygen atoms in total.